The summed E-state index contributed by atoms with van der Waals surface area (Å²) in [5.74, 6) is 1.52. The molecule has 2 atom stereocenters. The first-order chi connectivity index (χ1) is 12.5. The van der Waals surface area contributed by atoms with Gasteiger partial charge in [0, 0.05) is 31.0 Å². The minimum atomic E-state index is -0.125. The van der Waals surface area contributed by atoms with E-state index in [-0.39, 0.29) is 22.7 Å². The van der Waals surface area contributed by atoms with Crippen LogP contribution in [-0.2, 0) is 4.79 Å². The number of nitrogens with one attached hydrogen (secondary N) is 2. The number of hydrogen-bond donors (Lipinski definition) is 2. The molecule has 2 aliphatic heterocycles. The standard InChI is InChI=1S/C20H29N3O2S/c1-3-15(2)13-21-18(24)17-14-26-20(22-17)9-11-23(12-10-20)19(25)16-7-5-4-6-8-16/h4-8,15,17,22H,3,9-14H2,1-2H3,(H,21,24). The molecular weight excluding hydrogens is 346 g/mol. The SMILES string of the molecule is CCC(C)CNC(=O)C1CSC2(CCN(C(=O)c3ccccc3)CC2)N1. The number of piperidine rings is 1. The van der Waals surface area contributed by atoms with E-state index in [4.69, 9.17) is 0 Å². The smallest absolute Gasteiger partial charge is 0.253 e. The van der Waals surface area contributed by atoms with E-state index in [0.717, 1.165) is 50.2 Å². The molecule has 5 nitrogen and oxygen atoms in total. The quantitative estimate of drug-likeness (QED) is 0.830. The van der Waals surface area contributed by atoms with Gasteiger partial charge in [0.05, 0.1) is 10.9 Å². The first kappa shape index (κ1) is 19.2. The molecule has 1 spiro atoms. The minimum Gasteiger partial charge on any atom is -0.354 e. The minimum absolute atomic E-state index is 0.0636. The summed E-state index contributed by atoms with van der Waals surface area (Å²) in [6.45, 7) is 6.49. The van der Waals surface area contributed by atoms with E-state index in [1.54, 1.807) is 0 Å². The Balaban J connectivity index is 1.50. The molecule has 26 heavy (non-hydrogen) atoms. The van der Waals surface area contributed by atoms with Crippen LogP contribution >= 0.6 is 11.8 Å². The Hall–Kier alpha value is -1.53. The topological polar surface area (TPSA) is 61.4 Å². The summed E-state index contributed by atoms with van der Waals surface area (Å²) in [5.41, 5.74) is 0.748. The largest absolute Gasteiger partial charge is 0.354 e. The number of carbonyl (C=O) groups is 2. The van der Waals surface area contributed by atoms with Crippen LogP contribution in [-0.4, -0.2) is 53.0 Å². The van der Waals surface area contributed by atoms with Crippen molar-refractivity contribution in [2.75, 3.05) is 25.4 Å². The van der Waals surface area contributed by atoms with E-state index in [2.05, 4.69) is 24.5 Å². The Morgan fingerprint density at radius 2 is 2.00 bits per heavy atom. The highest BCUT2D eigenvalue weighted by molar-refractivity contribution is 8.01. The van der Waals surface area contributed by atoms with Gasteiger partial charge in [0.1, 0.15) is 0 Å². The first-order valence-electron chi connectivity index (χ1n) is 9.57. The average Bonchev–Trinajstić information content (AvgIpc) is 3.10. The van der Waals surface area contributed by atoms with Gasteiger partial charge >= 0.3 is 0 Å². The summed E-state index contributed by atoms with van der Waals surface area (Å²) in [6, 6.07) is 9.33. The highest BCUT2D eigenvalue weighted by Gasteiger charge is 2.44. The average molecular weight is 376 g/mol. The van der Waals surface area contributed by atoms with Gasteiger partial charge in [-0.15, -0.1) is 11.8 Å². The number of rotatable bonds is 5. The summed E-state index contributed by atoms with van der Waals surface area (Å²) >= 11 is 1.84. The van der Waals surface area contributed by atoms with Gasteiger partial charge in [0.15, 0.2) is 0 Å². The highest BCUT2D eigenvalue weighted by atomic mass is 32.2. The van der Waals surface area contributed by atoms with Crippen molar-refractivity contribution in [2.24, 2.45) is 5.92 Å². The van der Waals surface area contributed by atoms with Crippen molar-refractivity contribution >= 4 is 23.6 Å². The third kappa shape index (κ3) is 4.41. The fourth-order valence-electron chi connectivity index (χ4n) is 3.45. The van der Waals surface area contributed by atoms with E-state index in [1.165, 1.54) is 0 Å². The van der Waals surface area contributed by atoms with Gasteiger partial charge in [-0.1, -0.05) is 38.5 Å². The van der Waals surface area contributed by atoms with Crippen molar-refractivity contribution in [3.05, 3.63) is 35.9 Å². The summed E-state index contributed by atoms with van der Waals surface area (Å²) in [4.78, 5) is 26.9. The molecular formula is C20H29N3O2S. The molecule has 0 aromatic heterocycles. The van der Waals surface area contributed by atoms with Crippen LogP contribution in [0.25, 0.3) is 0 Å². The van der Waals surface area contributed by atoms with Crippen LogP contribution in [0.3, 0.4) is 0 Å². The van der Waals surface area contributed by atoms with Crippen molar-refractivity contribution in [1.29, 1.82) is 0 Å². The van der Waals surface area contributed by atoms with Crippen LogP contribution in [0.5, 0.6) is 0 Å². The lowest BCUT2D eigenvalue weighted by Crippen LogP contribution is -2.54. The van der Waals surface area contributed by atoms with Gasteiger partial charge in [-0.05, 0) is 30.9 Å². The van der Waals surface area contributed by atoms with Crippen LogP contribution in [0.4, 0.5) is 0 Å². The second kappa shape index (κ2) is 8.44. The Kier molecular flexibility index (Phi) is 6.24. The number of hydrogen-bond acceptors (Lipinski definition) is 4. The number of amides is 2. The van der Waals surface area contributed by atoms with Gasteiger partial charge in [0.2, 0.25) is 5.91 Å². The zero-order valence-electron chi connectivity index (χ0n) is 15.7. The molecule has 3 rings (SSSR count). The van der Waals surface area contributed by atoms with Gasteiger partial charge in [-0.3, -0.25) is 14.9 Å². The number of carbonyl (C=O) groups excluding carboxylic acids is 2. The number of thioether (sulfide) groups is 1. The van der Waals surface area contributed by atoms with Gasteiger partial charge in [-0.2, -0.15) is 0 Å². The van der Waals surface area contributed by atoms with E-state index >= 15 is 0 Å². The van der Waals surface area contributed by atoms with E-state index in [9.17, 15) is 9.59 Å². The fraction of sp³-hybridized carbons (Fsp3) is 0.600. The van der Waals surface area contributed by atoms with E-state index in [0.29, 0.717) is 5.92 Å². The first-order valence-corrected chi connectivity index (χ1v) is 10.6. The van der Waals surface area contributed by atoms with Crippen molar-refractivity contribution in [3.63, 3.8) is 0 Å². The molecule has 2 unspecified atom stereocenters. The molecule has 2 saturated heterocycles. The number of nitrogens with zero attached hydrogens (tertiary/aromatic N) is 1. The van der Waals surface area contributed by atoms with E-state index < -0.39 is 0 Å². The van der Waals surface area contributed by atoms with Gasteiger partial charge < -0.3 is 10.2 Å². The zero-order valence-corrected chi connectivity index (χ0v) is 16.5. The summed E-state index contributed by atoms with van der Waals surface area (Å²) in [5, 5.41) is 6.63. The molecule has 0 aliphatic carbocycles. The molecule has 142 valence electrons. The summed E-state index contributed by atoms with van der Waals surface area (Å²) in [7, 11) is 0. The van der Waals surface area contributed by atoms with Crippen LogP contribution in [0.2, 0.25) is 0 Å². The lowest BCUT2D eigenvalue weighted by molar-refractivity contribution is -0.122. The summed E-state index contributed by atoms with van der Waals surface area (Å²) in [6.07, 6.45) is 2.83. The zero-order chi connectivity index (χ0) is 18.6. The van der Waals surface area contributed by atoms with Crippen LogP contribution in [0, 0.1) is 5.92 Å². The predicted molar refractivity (Wildman–Crippen MR) is 106 cm³/mol. The molecule has 0 bridgehead atoms. The monoisotopic (exact) mass is 375 g/mol. The van der Waals surface area contributed by atoms with Crippen molar-refractivity contribution in [3.8, 4) is 0 Å². The Bertz CT molecular complexity index is 629. The number of likely N-dealkylation sites (tertiary alicyclic amines) is 1. The lowest BCUT2D eigenvalue weighted by Gasteiger charge is -2.39. The fourth-order valence-corrected chi connectivity index (χ4v) is 4.87. The highest BCUT2D eigenvalue weighted by Crippen LogP contribution is 2.39. The Morgan fingerprint density at radius 1 is 1.31 bits per heavy atom. The van der Waals surface area contributed by atoms with Gasteiger partial charge in [0.25, 0.3) is 5.91 Å². The molecule has 2 aliphatic rings. The van der Waals surface area contributed by atoms with Crippen LogP contribution < -0.4 is 10.6 Å². The van der Waals surface area contributed by atoms with E-state index in [1.807, 2.05) is 47.0 Å². The molecule has 2 N–H and O–H groups in total. The van der Waals surface area contributed by atoms with Crippen molar-refractivity contribution in [1.82, 2.24) is 15.5 Å². The van der Waals surface area contributed by atoms with Crippen LogP contribution in [0.15, 0.2) is 30.3 Å². The summed E-state index contributed by atoms with van der Waals surface area (Å²) < 4.78 is 0. The molecule has 0 radical (unpaired) electrons. The third-order valence-corrected chi connectivity index (χ3v) is 7.06. The molecule has 0 saturated carbocycles. The second-order valence-corrected chi connectivity index (χ2v) is 8.82. The maximum atomic E-state index is 12.6. The van der Waals surface area contributed by atoms with Crippen LogP contribution in [0.1, 0.15) is 43.5 Å². The Labute approximate surface area is 160 Å². The normalized spacial score (nSPS) is 23.0. The van der Waals surface area contributed by atoms with Crippen molar-refractivity contribution < 1.29 is 9.59 Å². The molecule has 6 heteroatoms. The lowest BCUT2D eigenvalue weighted by atomic mass is 10.0. The maximum Gasteiger partial charge on any atom is 0.253 e. The molecule has 1 aromatic rings. The second-order valence-electron chi connectivity index (χ2n) is 7.42. The molecule has 1 aromatic carbocycles. The number of benzene rings is 1. The third-order valence-electron chi connectivity index (χ3n) is 5.48. The maximum absolute atomic E-state index is 12.6. The van der Waals surface area contributed by atoms with Gasteiger partial charge in [-0.25, -0.2) is 0 Å². The molecule has 2 amide bonds. The molecule has 2 heterocycles. The Morgan fingerprint density at radius 3 is 2.65 bits per heavy atom. The van der Waals surface area contributed by atoms with Crippen molar-refractivity contribution in [2.45, 2.75) is 44.0 Å². The molecule has 2 fully saturated rings. The predicted octanol–water partition coefficient (Wildman–Crippen LogP) is 2.49.